The lowest BCUT2D eigenvalue weighted by Crippen LogP contribution is -2.02. The lowest BCUT2D eigenvalue weighted by molar-refractivity contribution is 1.30. The van der Waals surface area contributed by atoms with E-state index in [1.54, 1.807) is 0 Å². The fourth-order valence-electron chi connectivity index (χ4n) is 3.70. The molecule has 2 N–H and O–H groups in total. The third-order valence-corrected chi connectivity index (χ3v) is 7.35. The van der Waals surface area contributed by atoms with Crippen LogP contribution < -0.4 is 10.6 Å². The number of hydrogen-bond acceptors (Lipinski definition) is 4. The van der Waals surface area contributed by atoms with Gasteiger partial charge in [-0.05, 0) is 48.0 Å². The number of anilines is 4. The molecule has 0 amide bonds. The molecule has 4 aromatic carbocycles. The Labute approximate surface area is 172 Å². The van der Waals surface area contributed by atoms with Gasteiger partial charge < -0.3 is 10.6 Å². The maximum absolute atomic E-state index is 3.66. The van der Waals surface area contributed by atoms with Gasteiger partial charge in [-0.2, -0.15) is 0 Å². The summed E-state index contributed by atoms with van der Waals surface area (Å²) in [4.78, 5) is 5.07. The van der Waals surface area contributed by atoms with Crippen LogP contribution in [0.5, 0.6) is 0 Å². The molecule has 4 heteroatoms. The molecule has 134 valence electrons. The number of nitrogens with one attached hydrogen (secondary N) is 2. The topological polar surface area (TPSA) is 24.1 Å². The van der Waals surface area contributed by atoms with E-state index in [0.717, 1.165) is 0 Å². The van der Waals surface area contributed by atoms with Gasteiger partial charge in [0.05, 0.1) is 22.7 Å². The number of para-hydroxylation sites is 3. The highest BCUT2D eigenvalue weighted by Crippen LogP contribution is 2.49. The molecule has 4 aromatic rings. The van der Waals surface area contributed by atoms with Crippen LogP contribution in [-0.2, 0) is 0 Å². The summed E-state index contributed by atoms with van der Waals surface area (Å²) in [5.74, 6) is 0. The molecule has 6 rings (SSSR count). The number of hydrogen-bond donors (Lipinski definition) is 2. The standard InChI is InChI=1S/C24H16N2S2/c1-3-9-20-17(7-1)25-19-14-15(12-13-22(19)27-20)16-6-5-11-23-24(16)26-18-8-2-4-10-21(18)28-23/h1-14,25-26H. The third-order valence-electron chi connectivity index (χ3n) is 5.06. The highest BCUT2D eigenvalue weighted by molar-refractivity contribution is 8.00. The zero-order chi connectivity index (χ0) is 18.5. The van der Waals surface area contributed by atoms with Crippen molar-refractivity contribution in [2.24, 2.45) is 0 Å². The van der Waals surface area contributed by atoms with E-state index in [9.17, 15) is 0 Å². The van der Waals surface area contributed by atoms with Crippen molar-refractivity contribution in [2.45, 2.75) is 19.6 Å². The fraction of sp³-hybridized carbons (Fsp3) is 0. The summed E-state index contributed by atoms with van der Waals surface area (Å²) < 4.78 is 0. The second kappa shape index (κ2) is 6.36. The summed E-state index contributed by atoms with van der Waals surface area (Å²) in [6.45, 7) is 0. The van der Waals surface area contributed by atoms with Crippen LogP contribution >= 0.6 is 23.5 Å². The lowest BCUT2D eigenvalue weighted by Gasteiger charge is -2.25. The molecular weight excluding hydrogens is 380 g/mol. The Morgan fingerprint density at radius 3 is 1.96 bits per heavy atom. The quantitative estimate of drug-likeness (QED) is 0.296. The molecule has 0 aromatic heterocycles. The molecule has 0 saturated carbocycles. The molecular formula is C24H16N2S2. The predicted molar refractivity (Wildman–Crippen MR) is 120 cm³/mol. The molecule has 0 aliphatic carbocycles. The van der Waals surface area contributed by atoms with Crippen LogP contribution in [0.4, 0.5) is 22.7 Å². The Morgan fingerprint density at radius 1 is 0.500 bits per heavy atom. The average molecular weight is 397 g/mol. The largest absolute Gasteiger partial charge is 0.354 e. The lowest BCUT2D eigenvalue weighted by atomic mass is 10.0. The van der Waals surface area contributed by atoms with Crippen LogP contribution in [0.15, 0.2) is 105 Å². The minimum Gasteiger partial charge on any atom is -0.354 e. The molecule has 2 aliphatic heterocycles. The molecule has 2 heterocycles. The maximum Gasteiger partial charge on any atom is 0.0606 e. The van der Waals surface area contributed by atoms with Crippen molar-refractivity contribution in [3.8, 4) is 11.1 Å². The van der Waals surface area contributed by atoms with Gasteiger partial charge in [0.1, 0.15) is 0 Å². The number of rotatable bonds is 1. The van der Waals surface area contributed by atoms with Gasteiger partial charge in [0.25, 0.3) is 0 Å². The van der Waals surface area contributed by atoms with E-state index in [-0.39, 0.29) is 0 Å². The monoisotopic (exact) mass is 396 g/mol. The maximum atomic E-state index is 3.66. The van der Waals surface area contributed by atoms with Gasteiger partial charge in [0.2, 0.25) is 0 Å². The van der Waals surface area contributed by atoms with Crippen molar-refractivity contribution in [1.29, 1.82) is 0 Å². The van der Waals surface area contributed by atoms with Gasteiger partial charge in [-0.15, -0.1) is 0 Å². The number of benzene rings is 4. The summed E-state index contributed by atoms with van der Waals surface area (Å²) in [5, 5.41) is 7.26. The molecule has 0 fully saturated rings. The summed E-state index contributed by atoms with van der Waals surface area (Å²) in [7, 11) is 0. The molecule has 0 atom stereocenters. The Bertz CT molecular complexity index is 1230. The van der Waals surface area contributed by atoms with Gasteiger partial charge in [-0.25, -0.2) is 0 Å². The summed E-state index contributed by atoms with van der Waals surface area (Å²) >= 11 is 3.65. The molecule has 2 aliphatic rings. The van der Waals surface area contributed by atoms with Crippen LogP contribution in [0, 0.1) is 0 Å². The van der Waals surface area contributed by atoms with Crippen molar-refractivity contribution in [3.63, 3.8) is 0 Å². The van der Waals surface area contributed by atoms with Crippen LogP contribution in [0.3, 0.4) is 0 Å². The van der Waals surface area contributed by atoms with Crippen LogP contribution in [0.1, 0.15) is 0 Å². The van der Waals surface area contributed by atoms with Crippen LogP contribution in [0.2, 0.25) is 0 Å². The fourth-order valence-corrected chi connectivity index (χ4v) is 5.70. The predicted octanol–water partition coefficient (Wildman–Crippen LogP) is 7.77. The molecule has 2 nitrogen and oxygen atoms in total. The number of fused-ring (bicyclic) bond motifs is 4. The van der Waals surface area contributed by atoms with Gasteiger partial charge in [-0.1, -0.05) is 66.0 Å². The molecule has 0 unspecified atom stereocenters. The summed E-state index contributed by atoms with van der Waals surface area (Å²) in [5.41, 5.74) is 7.16. The van der Waals surface area contributed by atoms with E-state index in [2.05, 4.69) is 95.6 Å². The second-order valence-corrected chi connectivity index (χ2v) is 9.00. The molecule has 0 bridgehead atoms. The van der Waals surface area contributed by atoms with E-state index in [0.29, 0.717) is 0 Å². The first-order chi connectivity index (χ1) is 13.8. The minimum atomic E-state index is 1.17. The molecule has 0 radical (unpaired) electrons. The second-order valence-electron chi connectivity index (χ2n) is 6.84. The van der Waals surface area contributed by atoms with Crippen molar-refractivity contribution < 1.29 is 0 Å². The first-order valence-corrected chi connectivity index (χ1v) is 10.8. The van der Waals surface area contributed by atoms with Crippen LogP contribution in [-0.4, -0.2) is 0 Å². The molecule has 0 saturated heterocycles. The van der Waals surface area contributed by atoms with E-state index in [4.69, 9.17) is 0 Å². The SMILES string of the molecule is c1ccc2c(c1)Nc1cc(-c3cccc4c3Nc3ccccc3S4)ccc1S2. The highest BCUT2D eigenvalue weighted by Gasteiger charge is 2.20. The Kier molecular flexibility index (Phi) is 3.67. The Balaban J connectivity index is 1.43. The van der Waals surface area contributed by atoms with Crippen molar-refractivity contribution in [3.05, 3.63) is 84.9 Å². The van der Waals surface area contributed by atoms with Gasteiger partial charge in [-0.3, -0.25) is 0 Å². The van der Waals surface area contributed by atoms with Crippen molar-refractivity contribution in [2.75, 3.05) is 10.6 Å². The van der Waals surface area contributed by atoms with Gasteiger partial charge in [0.15, 0.2) is 0 Å². The minimum absolute atomic E-state index is 1.17. The zero-order valence-corrected chi connectivity index (χ0v) is 16.5. The average Bonchev–Trinajstić information content (AvgIpc) is 2.75. The molecule has 28 heavy (non-hydrogen) atoms. The van der Waals surface area contributed by atoms with E-state index in [1.807, 2.05) is 23.5 Å². The smallest absolute Gasteiger partial charge is 0.0606 e. The Hall–Kier alpha value is -2.82. The normalized spacial score (nSPS) is 13.3. The summed E-state index contributed by atoms with van der Waals surface area (Å²) in [6, 6.07) is 30.2. The first kappa shape index (κ1) is 16.2. The third kappa shape index (κ3) is 2.60. The van der Waals surface area contributed by atoms with Crippen molar-refractivity contribution >= 4 is 46.3 Å². The van der Waals surface area contributed by atoms with E-state index >= 15 is 0 Å². The zero-order valence-electron chi connectivity index (χ0n) is 14.9. The molecule has 0 spiro atoms. The Morgan fingerprint density at radius 2 is 1.14 bits per heavy atom. The highest BCUT2D eigenvalue weighted by atomic mass is 32.2. The first-order valence-electron chi connectivity index (χ1n) is 9.20. The summed E-state index contributed by atoms with van der Waals surface area (Å²) in [6.07, 6.45) is 0. The van der Waals surface area contributed by atoms with Gasteiger partial charge >= 0.3 is 0 Å². The van der Waals surface area contributed by atoms with Crippen LogP contribution in [0.25, 0.3) is 11.1 Å². The van der Waals surface area contributed by atoms with E-state index < -0.39 is 0 Å². The van der Waals surface area contributed by atoms with E-state index in [1.165, 1.54) is 53.5 Å². The van der Waals surface area contributed by atoms with Crippen molar-refractivity contribution in [1.82, 2.24) is 0 Å². The van der Waals surface area contributed by atoms with Gasteiger partial charge in [0, 0.05) is 25.1 Å².